The van der Waals surface area contributed by atoms with E-state index >= 15 is 0 Å². The molecule has 1 aliphatic rings. The Morgan fingerprint density at radius 1 is 1.36 bits per heavy atom. The summed E-state index contributed by atoms with van der Waals surface area (Å²) in [4.78, 5) is 0. The Morgan fingerprint density at radius 3 is 3.00 bits per heavy atom. The highest BCUT2D eigenvalue weighted by molar-refractivity contribution is 5.48. The van der Waals surface area contributed by atoms with E-state index < -0.39 is 0 Å². The van der Waals surface area contributed by atoms with Crippen molar-refractivity contribution in [2.45, 2.75) is 0 Å². The molecule has 3 nitrogen and oxygen atoms in total. The second-order valence-electron chi connectivity index (χ2n) is 2.10. The molecular weight excluding hydrogens is 144 g/mol. The number of furan rings is 1. The fraction of sp³-hybridized carbons (Fsp3) is 0.250. The molecule has 0 aliphatic carbocycles. The van der Waals surface area contributed by atoms with Gasteiger partial charge < -0.3 is 13.9 Å². The van der Waals surface area contributed by atoms with Crippen LogP contribution in [0.2, 0.25) is 0 Å². The lowest BCUT2D eigenvalue weighted by molar-refractivity contribution is 0.173. The van der Waals surface area contributed by atoms with E-state index in [0.29, 0.717) is 30.5 Å². The lowest BCUT2D eigenvalue weighted by Crippen LogP contribution is -2.14. The zero-order chi connectivity index (χ0) is 7.68. The van der Waals surface area contributed by atoms with Crippen LogP contribution in [0, 0.1) is 12.3 Å². The lowest BCUT2D eigenvalue weighted by Gasteiger charge is -2.13. The van der Waals surface area contributed by atoms with Gasteiger partial charge in [0.25, 0.3) is 0 Å². The maximum Gasteiger partial charge on any atom is 0.222 e. The minimum Gasteiger partial charge on any atom is -0.483 e. The number of hydrogen-bond donors (Lipinski definition) is 0. The van der Waals surface area contributed by atoms with Crippen molar-refractivity contribution in [1.29, 1.82) is 0 Å². The van der Waals surface area contributed by atoms with Crippen LogP contribution in [0.3, 0.4) is 0 Å². The van der Waals surface area contributed by atoms with Gasteiger partial charge in [0.2, 0.25) is 17.3 Å². The molecule has 0 N–H and O–H groups in total. The SMILES string of the molecule is C#Cc1occ2c1OCCO2. The number of ether oxygens (including phenoxy) is 2. The quantitative estimate of drug-likeness (QED) is 0.517. The number of hydrogen-bond acceptors (Lipinski definition) is 3. The third kappa shape index (κ3) is 0.838. The van der Waals surface area contributed by atoms with Gasteiger partial charge in [-0.2, -0.15) is 0 Å². The molecule has 0 radical (unpaired) electrons. The van der Waals surface area contributed by atoms with Crippen LogP contribution in [-0.2, 0) is 0 Å². The summed E-state index contributed by atoms with van der Waals surface area (Å²) in [7, 11) is 0. The van der Waals surface area contributed by atoms with Crippen LogP contribution in [0.4, 0.5) is 0 Å². The van der Waals surface area contributed by atoms with E-state index in [1.165, 1.54) is 6.26 Å². The number of rotatable bonds is 0. The maximum absolute atomic E-state index is 5.22. The van der Waals surface area contributed by atoms with Gasteiger partial charge in [0.05, 0.1) is 0 Å². The van der Waals surface area contributed by atoms with Gasteiger partial charge in [-0.25, -0.2) is 0 Å². The van der Waals surface area contributed by atoms with Crippen molar-refractivity contribution in [3.8, 4) is 23.8 Å². The van der Waals surface area contributed by atoms with Crippen molar-refractivity contribution in [2.75, 3.05) is 13.2 Å². The topological polar surface area (TPSA) is 31.6 Å². The fourth-order valence-electron chi connectivity index (χ4n) is 0.963. The Hall–Kier alpha value is -1.56. The van der Waals surface area contributed by atoms with Crippen LogP contribution in [0.15, 0.2) is 10.7 Å². The van der Waals surface area contributed by atoms with Crippen molar-refractivity contribution < 1.29 is 13.9 Å². The average Bonchev–Trinajstić information content (AvgIpc) is 2.47. The van der Waals surface area contributed by atoms with Crippen LogP contribution in [-0.4, -0.2) is 13.2 Å². The predicted octanol–water partition coefficient (Wildman–Crippen LogP) is 1.03. The molecular formula is C8H6O3. The first kappa shape index (κ1) is 6.17. The monoisotopic (exact) mass is 150 g/mol. The third-order valence-corrected chi connectivity index (χ3v) is 1.43. The Kier molecular flexibility index (Phi) is 1.26. The largest absolute Gasteiger partial charge is 0.483 e. The molecule has 0 aromatic carbocycles. The maximum atomic E-state index is 5.22. The lowest BCUT2D eigenvalue weighted by atomic mass is 10.4. The van der Waals surface area contributed by atoms with Gasteiger partial charge in [0, 0.05) is 0 Å². The van der Waals surface area contributed by atoms with E-state index in [4.69, 9.17) is 20.3 Å². The fourth-order valence-corrected chi connectivity index (χ4v) is 0.963. The van der Waals surface area contributed by atoms with Crippen LogP contribution >= 0.6 is 0 Å². The smallest absolute Gasteiger partial charge is 0.222 e. The summed E-state index contributed by atoms with van der Waals surface area (Å²) < 4.78 is 15.4. The van der Waals surface area contributed by atoms with E-state index in [-0.39, 0.29) is 0 Å². The summed E-state index contributed by atoms with van der Waals surface area (Å²) in [6, 6.07) is 0. The summed E-state index contributed by atoms with van der Waals surface area (Å²) in [5.74, 6) is 3.92. The first-order valence-corrected chi connectivity index (χ1v) is 3.25. The van der Waals surface area contributed by atoms with Crippen LogP contribution in [0.25, 0.3) is 0 Å². The summed E-state index contributed by atoms with van der Waals surface area (Å²) in [6.07, 6.45) is 6.60. The average molecular weight is 150 g/mol. The number of terminal acetylenes is 1. The van der Waals surface area contributed by atoms with E-state index in [1.807, 2.05) is 0 Å². The highest BCUT2D eigenvalue weighted by atomic mass is 16.6. The molecule has 0 saturated heterocycles. The third-order valence-electron chi connectivity index (χ3n) is 1.43. The summed E-state index contributed by atoms with van der Waals surface area (Å²) in [6.45, 7) is 1.08. The molecule has 1 aromatic rings. The molecule has 0 unspecified atom stereocenters. The summed E-state index contributed by atoms with van der Waals surface area (Å²) in [5.41, 5.74) is 0. The Bertz CT molecular complexity index is 306. The van der Waals surface area contributed by atoms with Gasteiger partial charge in [-0.1, -0.05) is 0 Å². The minimum absolute atomic E-state index is 0.403. The van der Waals surface area contributed by atoms with Crippen LogP contribution in [0.1, 0.15) is 5.76 Å². The van der Waals surface area contributed by atoms with Crippen molar-refractivity contribution in [3.05, 3.63) is 12.0 Å². The van der Waals surface area contributed by atoms with Gasteiger partial charge in [-0.05, 0) is 5.92 Å². The highest BCUT2D eigenvalue weighted by Crippen LogP contribution is 2.34. The first-order chi connectivity index (χ1) is 5.42. The van der Waals surface area contributed by atoms with E-state index in [9.17, 15) is 0 Å². The Balaban J connectivity index is 2.48. The van der Waals surface area contributed by atoms with Gasteiger partial charge in [0.1, 0.15) is 19.5 Å². The Labute approximate surface area is 63.9 Å². The second kappa shape index (κ2) is 2.24. The van der Waals surface area contributed by atoms with Gasteiger partial charge >= 0.3 is 0 Å². The molecule has 1 aromatic heterocycles. The standard InChI is InChI=1S/C8H6O3/c1-2-6-8-7(5-11-6)9-3-4-10-8/h1,5H,3-4H2. The van der Waals surface area contributed by atoms with Crippen molar-refractivity contribution in [1.82, 2.24) is 0 Å². The number of fused-ring (bicyclic) bond motifs is 1. The molecule has 0 bridgehead atoms. The summed E-state index contributed by atoms with van der Waals surface area (Å²) in [5, 5.41) is 0. The van der Waals surface area contributed by atoms with E-state index in [0.717, 1.165) is 0 Å². The van der Waals surface area contributed by atoms with Crippen molar-refractivity contribution in [3.63, 3.8) is 0 Å². The van der Waals surface area contributed by atoms with E-state index in [2.05, 4.69) is 5.92 Å². The van der Waals surface area contributed by atoms with E-state index in [1.54, 1.807) is 0 Å². The molecule has 0 fully saturated rings. The molecule has 0 spiro atoms. The normalized spacial score (nSPS) is 14.1. The molecule has 3 heteroatoms. The van der Waals surface area contributed by atoms with Crippen molar-refractivity contribution in [2.24, 2.45) is 0 Å². The predicted molar refractivity (Wildman–Crippen MR) is 37.6 cm³/mol. The Morgan fingerprint density at radius 2 is 2.18 bits per heavy atom. The zero-order valence-electron chi connectivity index (χ0n) is 5.79. The van der Waals surface area contributed by atoms with Gasteiger partial charge in [0.15, 0.2) is 0 Å². The van der Waals surface area contributed by atoms with Crippen LogP contribution in [0.5, 0.6) is 11.5 Å². The molecule has 2 rings (SSSR count). The molecule has 0 atom stereocenters. The van der Waals surface area contributed by atoms with Crippen LogP contribution < -0.4 is 9.47 Å². The minimum atomic E-state index is 0.403. The van der Waals surface area contributed by atoms with Gasteiger partial charge in [-0.3, -0.25) is 0 Å². The van der Waals surface area contributed by atoms with Gasteiger partial charge in [-0.15, -0.1) is 6.42 Å². The molecule has 1 aliphatic heterocycles. The zero-order valence-corrected chi connectivity index (χ0v) is 5.79. The molecule has 0 saturated carbocycles. The first-order valence-electron chi connectivity index (χ1n) is 3.25. The highest BCUT2D eigenvalue weighted by Gasteiger charge is 2.18. The second-order valence-corrected chi connectivity index (χ2v) is 2.10. The summed E-state index contributed by atoms with van der Waals surface area (Å²) >= 11 is 0. The van der Waals surface area contributed by atoms with Crippen molar-refractivity contribution >= 4 is 0 Å². The molecule has 56 valence electrons. The molecule has 11 heavy (non-hydrogen) atoms. The molecule has 2 heterocycles. The molecule has 0 amide bonds.